The first-order valence-corrected chi connectivity index (χ1v) is 10.0. The Hall–Kier alpha value is -3.26. The first-order valence-electron chi connectivity index (χ1n) is 10.0. The number of carbonyl (C=O) groups is 2. The minimum atomic E-state index is -0.578. The second-order valence-electron chi connectivity index (χ2n) is 7.28. The highest BCUT2D eigenvalue weighted by molar-refractivity contribution is 5.95. The summed E-state index contributed by atoms with van der Waals surface area (Å²) in [5.74, 6) is 1.23. The lowest BCUT2D eigenvalue weighted by molar-refractivity contribution is -0.135. The summed E-state index contributed by atoms with van der Waals surface area (Å²) in [5.41, 5.74) is 6.78. The van der Waals surface area contributed by atoms with Crippen LogP contribution < -0.4 is 19.9 Å². The molecule has 0 radical (unpaired) electrons. The van der Waals surface area contributed by atoms with E-state index in [0.29, 0.717) is 32.1 Å². The van der Waals surface area contributed by atoms with Gasteiger partial charge in [0.2, 0.25) is 0 Å². The fourth-order valence-corrected chi connectivity index (χ4v) is 3.63. The molecule has 0 spiro atoms. The van der Waals surface area contributed by atoms with Crippen molar-refractivity contribution in [3.8, 4) is 17.2 Å². The molecule has 2 N–H and O–H groups in total. The zero-order valence-corrected chi connectivity index (χ0v) is 16.7. The highest BCUT2D eigenvalue weighted by atomic mass is 16.6. The Kier molecular flexibility index (Phi) is 6.04. The number of carbonyl (C=O) groups excluding carboxylic acids is 2. The van der Waals surface area contributed by atoms with E-state index < -0.39 is 5.91 Å². The van der Waals surface area contributed by atoms with E-state index in [1.165, 1.54) is 0 Å². The predicted molar refractivity (Wildman–Crippen MR) is 110 cm³/mol. The van der Waals surface area contributed by atoms with Crippen molar-refractivity contribution >= 4 is 11.8 Å². The molecule has 8 heteroatoms. The second kappa shape index (κ2) is 9.04. The third-order valence-electron chi connectivity index (χ3n) is 5.24. The molecule has 2 amide bonds. The smallest absolute Gasteiger partial charge is 0.260 e. The maximum absolute atomic E-state index is 12.5. The van der Waals surface area contributed by atoms with E-state index in [2.05, 4.69) is 11.0 Å². The molecule has 0 aromatic heterocycles. The number of amides is 2. The topological polar surface area (TPSA) is 94.3 Å². The molecule has 30 heavy (non-hydrogen) atoms. The monoisotopic (exact) mass is 411 g/mol. The highest BCUT2D eigenvalue weighted by Crippen LogP contribution is 2.31. The first kappa shape index (κ1) is 20.0. The summed E-state index contributed by atoms with van der Waals surface area (Å²) in [6.07, 6.45) is 0. The number of hydrogen-bond acceptors (Lipinski definition) is 6. The lowest BCUT2D eigenvalue weighted by Crippen LogP contribution is -2.49. The van der Waals surface area contributed by atoms with E-state index in [0.717, 1.165) is 36.7 Å². The van der Waals surface area contributed by atoms with Crippen LogP contribution in [0.15, 0.2) is 42.5 Å². The van der Waals surface area contributed by atoms with Crippen molar-refractivity contribution < 1.29 is 23.8 Å². The third-order valence-corrected chi connectivity index (χ3v) is 5.24. The summed E-state index contributed by atoms with van der Waals surface area (Å²) in [7, 11) is 0. The van der Waals surface area contributed by atoms with Crippen molar-refractivity contribution in [3.05, 3.63) is 53.6 Å². The average molecular weight is 411 g/mol. The van der Waals surface area contributed by atoms with Gasteiger partial charge in [-0.15, -0.1) is 0 Å². The molecule has 2 aromatic carbocycles. The summed E-state index contributed by atoms with van der Waals surface area (Å²) in [6.45, 7) is 4.64. The SMILES string of the molecule is NC(=O)c1ccccc1OCC(=O)N1CCN(Cc2ccc3c(c2)OCCO3)CC1. The molecule has 0 saturated carbocycles. The Bertz CT molecular complexity index is 925. The summed E-state index contributed by atoms with van der Waals surface area (Å²) < 4.78 is 16.8. The maximum Gasteiger partial charge on any atom is 0.260 e. The number of para-hydroxylation sites is 1. The Morgan fingerprint density at radius 2 is 1.70 bits per heavy atom. The van der Waals surface area contributed by atoms with Crippen LogP contribution in [0, 0.1) is 0 Å². The number of primary amides is 1. The molecule has 8 nitrogen and oxygen atoms in total. The zero-order chi connectivity index (χ0) is 20.9. The number of rotatable bonds is 6. The van der Waals surface area contributed by atoms with Gasteiger partial charge in [0.1, 0.15) is 19.0 Å². The number of nitrogens with zero attached hydrogens (tertiary/aromatic N) is 2. The van der Waals surface area contributed by atoms with Crippen LogP contribution in [0.2, 0.25) is 0 Å². The molecule has 0 atom stereocenters. The van der Waals surface area contributed by atoms with Gasteiger partial charge in [-0.3, -0.25) is 14.5 Å². The van der Waals surface area contributed by atoms with Gasteiger partial charge in [0.05, 0.1) is 5.56 Å². The molecular formula is C22H25N3O5. The van der Waals surface area contributed by atoms with Crippen LogP contribution in [0.25, 0.3) is 0 Å². The maximum atomic E-state index is 12.5. The van der Waals surface area contributed by atoms with Gasteiger partial charge in [0.15, 0.2) is 18.1 Å². The highest BCUT2D eigenvalue weighted by Gasteiger charge is 2.22. The Labute approximate surface area is 175 Å². The van der Waals surface area contributed by atoms with Gasteiger partial charge in [-0.25, -0.2) is 0 Å². The van der Waals surface area contributed by atoms with E-state index in [1.807, 2.05) is 12.1 Å². The van der Waals surface area contributed by atoms with Crippen LogP contribution >= 0.6 is 0 Å². The van der Waals surface area contributed by atoms with Gasteiger partial charge in [-0.2, -0.15) is 0 Å². The fourth-order valence-electron chi connectivity index (χ4n) is 3.63. The summed E-state index contributed by atoms with van der Waals surface area (Å²) >= 11 is 0. The van der Waals surface area contributed by atoms with Crippen molar-refractivity contribution in [2.75, 3.05) is 46.0 Å². The molecule has 2 aromatic rings. The normalized spacial score (nSPS) is 16.2. The van der Waals surface area contributed by atoms with Crippen LogP contribution in [0.1, 0.15) is 15.9 Å². The third kappa shape index (κ3) is 4.65. The number of nitrogens with two attached hydrogens (primary N) is 1. The van der Waals surface area contributed by atoms with E-state index in [-0.39, 0.29) is 18.1 Å². The van der Waals surface area contributed by atoms with E-state index in [4.69, 9.17) is 19.9 Å². The average Bonchev–Trinajstić information content (AvgIpc) is 2.78. The number of hydrogen-bond donors (Lipinski definition) is 1. The molecule has 0 bridgehead atoms. The van der Waals surface area contributed by atoms with Gasteiger partial charge in [-0.05, 0) is 29.8 Å². The van der Waals surface area contributed by atoms with E-state index in [9.17, 15) is 9.59 Å². The van der Waals surface area contributed by atoms with Crippen LogP contribution in [0.5, 0.6) is 17.2 Å². The predicted octanol–water partition coefficient (Wildman–Crippen LogP) is 1.28. The molecule has 2 aliphatic heterocycles. The van der Waals surface area contributed by atoms with Crippen LogP contribution in [-0.4, -0.2) is 67.6 Å². The minimum Gasteiger partial charge on any atom is -0.486 e. The van der Waals surface area contributed by atoms with Gasteiger partial charge in [0.25, 0.3) is 11.8 Å². The summed E-state index contributed by atoms with van der Waals surface area (Å²) in [4.78, 5) is 28.1. The van der Waals surface area contributed by atoms with Crippen molar-refractivity contribution in [1.82, 2.24) is 9.80 Å². The summed E-state index contributed by atoms with van der Waals surface area (Å²) in [5, 5.41) is 0. The Balaban J connectivity index is 1.26. The largest absolute Gasteiger partial charge is 0.486 e. The first-order chi connectivity index (χ1) is 14.6. The molecule has 0 aliphatic carbocycles. The molecule has 2 heterocycles. The van der Waals surface area contributed by atoms with Gasteiger partial charge >= 0.3 is 0 Å². The lowest BCUT2D eigenvalue weighted by atomic mass is 10.1. The number of benzene rings is 2. The van der Waals surface area contributed by atoms with Gasteiger partial charge < -0.3 is 24.8 Å². The van der Waals surface area contributed by atoms with Crippen LogP contribution in [0.4, 0.5) is 0 Å². The minimum absolute atomic E-state index is 0.103. The van der Waals surface area contributed by atoms with Crippen molar-refractivity contribution in [3.63, 3.8) is 0 Å². The number of piperazine rings is 1. The standard InChI is InChI=1S/C22H25N3O5/c23-22(27)17-3-1-2-4-18(17)30-15-21(26)25-9-7-24(8-10-25)14-16-5-6-19-20(13-16)29-12-11-28-19/h1-6,13H,7-12,14-15H2,(H2,23,27). The quantitative estimate of drug-likeness (QED) is 0.770. The molecule has 2 aliphatic rings. The molecule has 1 saturated heterocycles. The van der Waals surface area contributed by atoms with E-state index >= 15 is 0 Å². The lowest BCUT2D eigenvalue weighted by Gasteiger charge is -2.34. The number of ether oxygens (including phenoxy) is 3. The molecule has 1 fully saturated rings. The van der Waals surface area contributed by atoms with Gasteiger partial charge in [-0.1, -0.05) is 18.2 Å². The summed E-state index contributed by atoms with van der Waals surface area (Å²) in [6, 6.07) is 12.7. The fraction of sp³-hybridized carbons (Fsp3) is 0.364. The molecule has 4 rings (SSSR count). The van der Waals surface area contributed by atoms with Crippen LogP contribution in [0.3, 0.4) is 0 Å². The molecular weight excluding hydrogens is 386 g/mol. The Morgan fingerprint density at radius 3 is 2.47 bits per heavy atom. The van der Waals surface area contributed by atoms with Gasteiger partial charge in [0, 0.05) is 32.7 Å². The molecule has 158 valence electrons. The second-order valence-corrected chi connectivity index (χ2v) is 7.28. The number of fused-ring (bicyclic) bond motifs is 1. The van der Waals surface area contributed by atoms with Crippen LogP contribution in [-0.2, 0) is 11.3 Å². The Morgan fingerprint density at radius 1 is 0.967 bits per heavy atom. The van der Waals surface area contributed by atoms with Crippen molar-refractivity contribution in [2.24, 2.45) is 5.73 Å². The van der Waals surface area contributed by atoms with Crippen molar-refractivity contribution in [1.29, 1.82) is 0 Å². The molecule has 0 unspecified atom stereocenters. The van der Waals surface area contributed by atoms with E-state index in [1.54, 1.807) is 29.2 Å². The zero-order valence-electron chi connectivity index (χ0n) is 16.7. The van der Waals surface area contributed by atoms with Crippen molar-refractivity contribution in [2.45, 2.75) is 6.54 Å².